The topological polar surface area (TPSA) is 88.1 Å². The smallest absolute Gasteiger partial charge is 0.264 e. The molecule has 7 nitrogen and oxygen atoms in total. The minimum atomic E-state index is -4.06. The first-order chi connectivity index (χ1) is 15.3. The number of sulfonamides is 1. The van der Waals surface area contributed by atoms with Crippen LogP contribution in [0, 0.1) is 0 Å². The number of ether oxygens (including phenoxy) is 1. The number of nitrogens with one attached hydrogen (secondary N) is 1. The van der Waals surface area contributed by atoms with E-state index < -0.39 is 22.5 Å². The van der Waals surface area contributed by atoms with Crippen molar-refractivity contribution in [2.75, 3.05) is 18.0 Å². The largest absolute Gasteiger partial charge is 0.496 e. The summed E-state index contributed by atoms with van der Waals surface area (Å²) < 4.78 is 33.6. The van der Waals surface area contributed by atoms with Gasteiger partial charge in [-0.25, -0.2) is 13.8 Å². The van der Waals surface area contributed by atoms with Crippen LogP contribution < -0.4 is 14.5 Å². The van der Waals surface area contributed by atoms with Gasteiger partial charge in [-0.05, 0) is 42.5 Å². The highest BCUT2D eigenvalue weighted by Gasteiger charge is 2.28. The van der Waals surface area contributed by atoms with Gasteiger partial charge in [0.25, 0.3) is 15.9 Å². The van der Waals surface area contributed by atoms with Crippen molar-refractivity contribution in [2.45, 2.75) is 4.90 Å². The maximum absolute atomic E-state index is 13.3. The Kier molecular flexibility index (Phi) is 7.89. The molecule has 0 bridgehead atoms. The monoisotopic (exact) mass is 535 g/mol. The molecule has 0 aliphatic carbocycles. The number of hydrazone groups is 1. The average molecular weight is 537 g/mol. The maximum Gasteiger partial charge on any atom is 0.264 e. The molecule has 0 radical (unpaired) electrons. The first kappa shape index (κ1) is 23.8. The predicted octanol–water partition coefficient (Wildman–Crippen LogP) is 4.46. The number of halogens is 2. The highest BCUT2D eigenvalue weighted by Crippen LogP contribution is 2.30. The highest BCUT2D eigenvalue weighted by molar-refractivity contribution is 9.10. The van der Waals surface area contributed by atoms with Crippen molar-refractivity contribution >= 4 is 55.4 Å². The molecule has 1 N–H and O–H groups in total. The number of benzene rings is 3. The second-order valence-corrected chi connectivity index (χ2v) is 9.64. The minimum absolute atomic E-state index is 0.0371. The fraction of sp³-hybridized carbons (Fsp3) is 0.0909. The van der Waals surface area contributed by atoms with E-state index in [1.807, 2.05) is 6.07 Å². The molecule has 0 heterocycles. The van der Waals surface area contributed by atoms with Crippen LogP contribution in [0.4, 0.5) is 5.69 Å². The van der Waals surface area contributed by atoms with Gasteiger partial charge in [-0.3, -0.25) is 9.10 Å². The summed E-state index contributed by atoms with van der Waals surface area (Å²) in [6, 6.07) is 19.6. The normalized spacial score (nSPS) is 11.3. The van der Waals surface area contributed by atoms with E-state index in [0.29, 0.717) is 11.3 Å². The predicted molar refractivity (Wildman–Crippen MR) is 129 cm³/mol. The zero-order valence-corrected chi connectivity index (χ0v) is 20.1. The molecule has 32 heavy (non-hydrogen) atoms. The molecule has 0 aliphatic heterocycles. The number of amides is 1. The number of carbonyl (C=O) groups is 1. The lowest BCUT2D eigenvalue weighted by molar-refractivity contribution is -0.119. The highest BCUT2D eigenvalue weighted by atomic mass is 79.9. The molecule has 0 saturated heterocycles. The van der Waals surface area contributed by atoms with Gasteiger partial charge in [-0.15, -0.1) is 0 Å². The lowest BCUT2D eigenvalue weighted by atomic mass is 10.2. The number of carbonyl (C=O) groups excluding carboxylic acids is 1. The Balaban J connectivity index is 1.85. The van der Waals surface area contributed by atoms with Gasteiger partial charge < -0.3 is 4.74 Å². The second-order valence-electron chi connectivity index (χ2n) is 6.46. The third-order valence-electron chi connectivity index (χ3n) is 4.32. The summed E-state index contributed by atoms with van der Waals surface area (Å²) >= 11 is 9.61. The Labute approximate surface area is 199 Å². The van der Waals surface area contributed by atoms with E-state index in [2.05, 4.69) is 26.5 Å². The van der Waals surface area contributed by atoms with Gasteiger partial charge in [-0.1, -0.05) is 57.9 Å². The van der Waals surface area contributed by atoms with E-state index >= 15 is 0 Å². The van der Waals surface area contributed by atoms with Gasteiger partial charge in [0, 0.05) is 10.0 Å². The van der Waals surface area contributed by atoms with Crippen LogP contribution in [0.2, 0.25) is 5.02 Å². The molecule has 0 aliphatic rings. The van der Waals surface area contributed by atoms with Gasteiger partial charge in [-0.2, -0.15) is 5.10 Å². The van der Waals surface area contributed by atoms with Gasteiger partial charge >= 0.3 is 0 Å². The summed E-state index contributed by atoms with van der Waals surface area (Å²) in [6.07, 6.45) is 1.41. The molecule has 166 valence electrons. The minimum Gasteiger partial charge on any atom is -0.496 e. The van der Waals surface area contributed by atoms with Crippen LogP contribution in [-0.4, -0.2) is 34.2 Å². The summed E-state index contributed by atoms with van der Waals surface area (Å²) in [4.78, 5) is 12.7. The number of rotatable bonds is 8. The Morgan fingerprint density at radius 2 is 1.81 bits per heavy atom. The van der Waals surface area contributed by atoms with E-state index in [9.17, 15) is 13.2 Å². The molecule has 0 spiro atoms. The van der Waals surface area contributed by atoms with E-state index in [1.165, 1.54) is 31.5 Å². The Morgan fingerprint density at radius 1 is 1.12 bits per heavy atom. The SMILES string of the molecule is COc1ccc(Br)cc1/C=N\NC(=O)CN(c1ccccc1Cl)S(=O)(=O)c1ccccc1. The van der Waals surface area contributed by atoms with Crippen LogP contribution in [0.3, 0.4) is 0 Å². The standard InChI is InChI=1S/C22H19BrClN3O4S/c1-31-21-12-11-17(23)13-16(21)14-25-26-22(28)15-27(20-10-6-5-9-19(20)24)32(29,30)18-7-3-2-4-8-18/h2-14H,15H2,1H3,(H,26,28)/b25-14-. The van der Waals surface area contributed by atoms with Crippen LogP contribution in [0.15, 0.2) is 87.3 Å². The quantitative estimate of drug-likeness (QED) is 0.340. The van der Waals surface area contributed by atoms with Gasteiger partial charge in [0.2, 0.25) is 0 Å². The number of anilines is 1. The van der Waals surface area contributed by atoms with Gasteiger partial charge in [0.15, 0.2) is 0 Å². The molecule has 0 saturated carbocycles. The van der Waals surface area contributed by atoms with Crippen molar-refractivity contribution < 1.29 is 17.9 Å². The number of hydrogen-bond acceptors (Lipinski definition) is 5. The zero-order chi connectivity index (χ0) is 23.1. The van der Waals surface area contributed by atoms with Crippen molar-refractivity contribution in [3.63, 3.8) is 0 Å². The molecule has 1 amide bonds. The maximum atomic E-state index is 13.3. The third-order valence-corrected chi connectivity index (χ3v) is 6.91. The molecule has 3 rings (SSSR count). The van der Waals surface area contributed by atoms with Crippen LogP contribution in [0.25, 0.3) is 0 Å². The molecular formula is C22H19BrClN3O4S. The zero-order valence-electron chi connectivity index (χ0n) is 16.9. The Morgan fingerprint density at radius 3 is 2.50 bits per heavy atom. The van der Waals surface area contributed by atoms with Gasteiger partial charge in [0.1, 0.15) is 12.3 Å². The van der Waals surface area contributed by atoms with E-state index in [4.69, 9.17) is 16.3 Å². The van der Waals surface area contributed by atoms with Crippen molar-refractivity contribution in [3.05, 3.63) is 87.9 Å². The molecule has 10 heteroatoms. The summed E-state index contributed by atoms with van der Waals surface area (Å²) in [7, 11) is -2.53. The summed E-state index contributed by atoms with van der Waals surface area (Å²) in [5, 5.41) is 4.13. The molecule has 0 fully saturated rings. The number of para-hydroxylation sites is 1. The molecule has 0 atom stereocenters. The van der Waals surface area contributed by atoms with E-state index in [0.717, 1.165) is 8.78 Å². The lowest BCUT2D eigenvalue weighted by Crippen LogP contribution is -2.39. The summed E-state index contributed by atoms with van der Waals surface area (Å²) in [6.45, 7) is -0.520. The van der Waals surface area contributed by atoms with Crippen LogP contribution in [0.1, 0.15) is 5.56 Å². The summed E-state index contributed by atoms with van der Waals surface area (Å²) in [5.41, 5.74) is 3.17. The fourth-order valence-corrected chi connectivity index (χ4v) is 4.95. The first-order valence-electron chi connectivity index (χ1n) is 9.30. The number of methoxy groups -OCH3 is 1. The Bertz CT molecular complexity index is 1240. The lowest BCUT2D eigenvalue weighted by Gasteiger charge is -2.24. The Hall–Kier alpha value is -2.88. The number of hydrogen-bond donors (Lipinski definition) is 1. The van der Waals surface area contributed by atoms with Crippen molar-refractivity contribution in [1.82, 2.24) is 5.43 Å². The molecule has 3 aromatic carbocycles. The molecule has 0 aromatic heterocycles. The summed E-state index contributed by atoms with van der Waals surface area (Å²) in [5.74, 6) is -0.0785. The van der Waals surface area contributed by atoms with E-state index in [-0.39, 0.29) is 15.6 Å². The van der Waals surface area contributed by atoms with Crippen molar-refractivity contribution in [3.8, 4) is 5.75 Å². The molecule has 0 unspecified atom stereocenters. The second kappa shape index (κ2) is 10.6. The van der Waals surface area contributed by atoms with Crippen LogP contribution in [0.5, 0.6) is 5.75 Å². The van der Waals surface area contributed by atoms with Crippen LogP contribution in [-0.2, 0) is 14.8 Å². The van der Waals surface area contributed by atoms with Crippen molar-refractivity contribution in [1.29, 1.82) is 0 Å². The molecule has 3 aromatic rings. The van der Waals surface area contributed by atoms with Crippen LogP contribution >= 0.6 is 27.5 Å². The number of nitrogens with zero attached hydrogens (tertiary/aromatic N) is 2. The van der Waals surface area contributed by atoms with E-state index in [1.54, 1.807) is 48.5 Å². The van der Waals surface area contributed by atoms with Gasteiger partial charge in [0.05, 0.1) is 28.9 Å². The fourth-order valence-electron chi connectivity index (χ4n) is 2.82. The average Bonchev–Trinajstić information content (AvgIpc) is 2.79. The molecular weight excluding hydrogens is 518 g/mol. The first-order valence-corrected chi connectivity index (χ1v) is 11.9. The third kappa shape index (κ3) is 5.67. The van der Waals surface area contributed by atoms with Crippen molar-refractivity contribution in [2.24, 2.45) is 5.10 Å².